The molecule has 1 atom stereocenters. The lowest BCUT2D eigenvalue weighted by Gasteiger charge is -2.10. The molecular formula is C14H18N4O. The number of hydrogen-bond acceptors (Lipinski definition) is 5. The average Bonchev–Trinajstić information content (AvgIpc) is 3.01. The number of rotatable bonds is 4. The van der Waals surface area contributed by atoms with E-state index < -0.39 is 0 Å². The van der Waals surface area contributed by atoms with Gasteiger partial charge in [-0.1, -0.05) is 35.5 Å². The highest BCUT2D eigenvalue weighted by atomic mass is 16.5. The van der Waals surface area contributed by atoms with Crippen LogP contribution in [0.3, 0.4) is 0 Å². The van der Waals surface area contributed by atoms with Gasteiger partial charge in [0.2, 0.25) is 5.89 Å². The zero-order valence-corrected chi connectivity index (χ0v) is 10.8. The fourth-order valence-electron chi connectivity index (χ4n) is 2.40. The maximum Gasteiger partial charge on any atom is 0.240 e. The van der Waals surface area contributed by atoms with Crippen LogP contribution in [0.4, 0.5) is 0 Å². The van der Waals surface area contributed by atoms with Crippen molar-refractivity contribution in [2.75, 3.05) is 13.1 Å². The predicted molar refractivity (Wildman–Crippen MR) is 71.4 cm³/mol. The van der Waals surface area contributed by atoms with Gasteiger partial charge in [0.1, 0.15) is 0 Å². The molecule has 1 aromatic carbocycles. The topological polar surface area (TPSA) is 68.2 Å². The standard InChI is InChI=1S/C14H18N4O/c15-12-6-7-18(9-12)10-14-16-13(17-19-14)8-11-4-2-1-3-5-11/h1-5,12H,6-10,15H2. The van der Waals surface area contributed by atoms with Crippen molar-refractivity contribution < 1.29 is 4.52 Å². The van der Waals surface area contributed by atoms with E-state index in [1.54, 1.807) is 0 Å². The van der Waals surface area contributed by atoms with Crippen molar-refractivity contribution in [1.82, 2.24) is 15.0 Å². The first kappa shape index (κ1) is 12.3. The summed E-state index contributed by atoms with van der Waals surface area (Å²) in [5, 5.41) is 4.03. The maximum atomic E-state index is 5.88. The molecule has 1 aliphatic rings. The molecule has 1 aliphatic heterocycles. The Hall–Kier alpha value is -1.72. The van der Waals surface area contributed by atoms with Gasteiger partial charge in [0, 0.05) is 25.6 Å². The molecule has 100 valence electrons. The summed E-state index contributed by atoms with van der Waals surface area (Å²) in [6.07, 6.45) is 1.76. The lowest BCUT2D eigenvalue weighted by Crippen LogP contribution is -2.26. The van der Waals surface area contributed by atoms with E-state index in [2.05, 4.69) is 27.2 Å². The highest BCUT2D eigenvalue weighted by Gasteiger charge is 2.21. The molecule has 2 N–H and O–H groups in total. The first-order valence-corrected chi connectivity index (χ1v) is 6.63. The Balaban J connectivity index is 1.60. The minimum Gasteiger partial charge on any atom is -0.338 e. The van der Waals surface area contributed by atoms with Gasteiger partial charge in [-0.2, -0.15) is 4.98 Å². The molecule has 0 aliphatic carbocycles. The third kappa shape index (κ3) is 3.19. The monoisotopic (exact) mass is 258 g/mol. The molecule has 0 bridgehead atoms. The van der Waals surface area contributed by atoms with Crippen molar-refractivity contribution in [1.29, 1.82) is 0 Å². The smallest absolute Gasteiger partial charge is 0.240 e. The summed E-state index contributed by atoms with van der Waals surface area (Å²) in [7, 11) is 0. The number of benzene rings is 1. The molecule has 1 unspecified atom stereocenters. The van der Waals surface area contributed by atoms with Crippen LogP contribution in [-0.4, -0.2) is 34.2 Å². The molecule has 2 aromatic rings. The Bertz CT molecular complexity index is 525. The number of hydrogen-bond donors (Lipinski definition) is 1. The van der Waals surface area contributed by atoms with Crippen molar-refractivity contribution in [2.45, 2.75) is 25.4 Å². The first-order chi connectivity index (χ1) is 9.29. The van der Waals surface area contributed by atoms with Crippen LogP contribution in [0.5, 0.6) is 0 Å². The van der Waals surface area contributed by atoms with Crippen LogP contribution in [0.15, 0.2) is 34.9 Å². The molecule has 2 heterocycles. The SMILES string of the molecule is NC1CCN(Cc2nc(Cc3ccccc3)no2)C1. The minimum atomic E-state index is 0.284. The van der Waals surface area contributed by atoms with Crippen LogP contribution in [0.25, 0.3) is 0 Å². The molecule has 1 aromatic heterocycles. The second kappa shape index (κ2) is 5.50. The summed E-state index contributed by atoms with van der Waals surface area (Å²) in [6.45, 7) is 2.63. The predicted octanol–water partition coefficient (Wildman–Crippen LogP) is 1.19. The Kier molecular flexibility index (Phi) is 3.57. The zero-order chi connectivity index (χ0) is 13.1. The lowest BCUT2D eigenvalue weighted by atomic mass is 10.1. The Morgan fingerprint density at radius 1 is 1.32 bits per heavy atom. The van der Waals surface area contributed by atoms with Crippen molar-refractivity contribution in [2.24, 2.45) is 5.73 Å². The number of aromatic nitrogens is 2. The third-order valence-electron chi connectivity index (χ3n) is 3.38. The summed E-state index contributed by atoms with van der Waals surface area (Å²) >= 11 is 0. The molecule has 0 radical (unpaired) electrons. The zero-order valence-electron chi connectivity index (χ0n) is 10.8. The second-order valence-electron chi connectivity index (χ2n) is 5.05. The van der Waals surface area contributed by atoms with E-state index in [-0.39, 0.29) is 6.04 Å². The summed E-state index contributed by atoms with van der Waals surface area (Å²) in [4.78, 5) is 6.69. The highest BCUT2D eigenvalue weighted by molar-refractivity contribution is 5.18. The number of nitrogens with two attached hydrogens (primary N) is 1. The number of likely N-dealkylation sites (tertiary alicyclic amines) is 1. The van der Waals surface area contributed by atoms with Crippen molar-refractivity contribution in [3.05, 3.63) is 47.6 Å². The van der Waals surface area contributed by atoms with Crippen LogP contribution in [0, 0.1) is 0 Å². The molecule has 3 rings (SSSR count). The van der Waals surface area contributed by atoms with E-state index in [0.29, 0.717) is 18.9 Å². The quantitative estimate of drug-likeness (QED) is 0.892. The minimum absolute atomic E-state index is 0.284. The largest absolute Gasteiger partial charge is 0.338 e. The average molecular weight is 258 g/mol. The summed E-state index contributed by atoms with van der Waals surface area (Å²) in [6, 6.07) is 10.4. The van der Waals surface area contributed by atoms with Gasteiger partial charge in [-0.05, 0) is 12.0 Å². The Morgan fingerprint density at radius 3 is 2.89 bits per heavy atom. The van der Waals surface area contributed by atoms with Crippen LogP contribution in [-0.2, 0) is 13.0 Å². The van der Waals surface area contributed by atoms with E-state index >= 15 is 0 Å². The first-order valence-electron chi connectivity index (χ1n) is 6.63. The molecule has 5 nitrogen and oxygen atoms in total. The fourth-order valence-corrected chi connectivity index (χ4v) is 2.40. The highest BCUT2D eigenvalue weighted by Crippen LogP contribution is 2.12. The summed E-state index contributed by atoms with van der Waals surface area (Å²) < 4.78 is 5.29. The molecule has 1 saturated heterocycles. The Morgan fingerprint density at radius 2 is 2.16 bits per heavy atom. The van der Waals surface area contributed by atoms with Gasteiger partial charge in [-0.15, -0.1) is 0 Å². The third-order valence-corrected chi connectivity index (χ3v) is 3.38. The van der Waals surface area contributed by atoms with Crippen LogP contribution in [0.2, 0.25) is 0 Å². The summed E-state index contributed by atoms with van der Waals surface area (Å²) in [5.41, 5.74) is 7.07. The van der Waals surface area contributed by atoms with Gasteiger partial charge in [0.15, 0.2) is 5.82 Å². The molecule has 0 spiro atoms. The molecule has 5 heteroatoms. The normalized spacial score (nSPS) is 19.9. The molecule has 19 heavy (non-hydrogen) atoms. The van der Waals surface area contributed by atoms with Gasteiger partial charge in [-0.25, -0.2) is 0 Å². The second-order valence-corrected chi connectivity index (χ2v) is 5.05. The van der Waals surface area contributed by atoms with E-state index in [1.807, 2.05) is 18.2 Å². The van der Waals surface area contributed by atoms with Gasteiger partial charge < -0.3 is 10.3 Å². The number of nitrogens with zero attached hydrogens (tertiary/aromatic N) is 3. The van der Waals surface area contributed by atoms with Crippen molar-refractivity contribution in [3.8, 4) is 0 Å². The molecule has 0 saturated carbocycles. The molecule has 0 amide bonds. The van der Waals surface area contributed by atoms with Crippen molar-refractivity contribution >= 4 is 0 Å². The van der Waals surface area contributed by atoms with Gasteiger partial charge >= 0.3 is 0 Å². The van der Waals surface area contributed by atoms with E-state index in [9.17, 15) is 0 Å². The van der Waals surface area contributed by atoms with Gasteiger partial charge in [0.25, 0.3) is 0 Å². The molecule has 1 fully saturated rings. The van der Waals surface area contributed by atoms with Crippen molar-refractivity contribution in [3.63, 3.8) is 0 Å². The Labute approximate surface area is 112 Å². The van der Waals surface area contributed by atoms with Gasteiger partial charge in [0.05, 0.1) is 6.54 Å². The van der Waals surface area contributed by atoms with Gasteiger partial charge in [-0.3, -0.25) is 4.90 Å². The summed E-state index contributed by atoms with van der Waals surface area (Å²) in [5.74, 6) is 1.42. The van der Waals surface area contributed by atoms with E-state index in [0.717, 1.165) is 25.3 Å². The van der Waals surface area contributed by atoms with E-state index in [4.69, 9.17) is 10.3 Å². The molecular weight excluding hydrogens is 240 g/mol. The lowest BCUT2D eigenvalue weighted by molar-refractivity contribution is 0.265. The van der Waals surface area contributed by atoms with Crippen LogP contribution in [0.1, 0.15) is 23.7 Å². The van der Waals surface area contributed by atoms with Crippen LogP contribution >= 0.6 is 0 Å². The van der Waals surface area contributed by atoms with E-state index in [1.165, 1.54) is 5.56 Å². The maximum absolute atomic E-state index is 5.88. The van der Waals surface area contributed by atoms with Crippen LogP contribution < -0.4 is 5.73 Å². The fraction of sp³-hybridized carbons (Fsp3) is 0.429.